The maximum Gasteiger partial charge on any atom is 0.0890 e. The molecule has 60 valence electrons. The molecule has 10 heavy (non-hydrogen) atoms. The van der Waals surface area contributed by atoms with E-state index in [0.29, 0.717) is 8.96 Å². The van der Waals surface area contributed by atoms with Crippen LogP contribution < -0.4 is 0 Å². The molecule has 2 nitrogen and oxygen atoms in total. The van der Waals surface area contributed by atoms with Crippen molar-refractivity contribution in [3.05, 3.63) is 0 Å². The predicted octanol–water partition coefficient (Wildman–Crippen LogP) is 2.02. The highest BCUT2D eigenvalue weighted by Crippen LogP contribution is 2.25. The number of unbranched alkanes of at least 4 members (excludes halogenated alkanes) is 2. The van der Waals surface area contributed by atoms with Crippen LogP contribution in [0.5, 0.6) is 0 Å². The van der Waals surface area contributed by atoms with Gasteiger partial charge in [-0.3, -0.25) is 4.67 Å². The van der Waals surface area contributed by atoms with Crippen LogP contribution in [0.1, 0.15) is 26.2 Å². The Labute approximate surface area is 64.9 Å². The SMILES string of the molecule is CCCCCN1CCOP1. The molecule has 1 aliphatic heterocycles. The average molecular weight is 161 g/mol. The first-order valence-electron chi connectivity index (χ1n) is 4.06. The lowest BCUT2D eigenvalue weighted by molar-refractivity contribution is 0.392. The maximum absolute atomic E-state index is 5.24. The summed E-state index contributed by atoms with van der Waals surface area (Å²) in [7, 11) is 0.644. The van der Waals surface area contributed by atoms with E-state index in [-0.39, 0.29) is 0 Å². The summed E-state index contributed by atoms with van der Waals surface area (Å²) in [5.41, 5.74) is 0. The summed E-state index contributed by atoms with van der Waals surface area (Å²) in [5.74, 6) is 0. The molecule has 1 atom stereocenters. The summed E-state index contributed by atoms with van der Waals surface area (Å²) in [6.45, 7) is 5.59. The molecule has 3 heteroatoms. The Hall–Kier alpha value is 0.350. The molecule has 1 saturated heterocycles. The van der Waals surface area contributed by atoms with Gasteiger partial charge >= 0.3 is 0 Å². The summed E-state index contributed by atoms with van der Waals surface area (Å²) in [6.07, 6.45) is 4.02. The summed E-state index contributed by atoms with van der Waals surface area (Å²) < 4.78 is 7.64. The van der Waals surface area contributed by atoms with Gasteiger partial charge in [-0.15, -0.1) is 0 Å². The highest BCUT2D eigenvalue weighted by molar-refractivity contribution is 7.29. The van der Waals surface area contributed by atoms with Gasteiger partial charge in [0.2, 0.25) is 0 Å². The average Bonchev–Trinajstić information content (AvgIpc) is 2.41. The van der Waals surface area contributed by atoms with Gasteiger partial charge in [0.1, 0.15) is 0 Å². The lowest BCUT2D eigenvalue weighted by atomic mass is 10.2. The molecule has 0 spiro atoms. The van der Waals surface area contributed by atoms with Gasteiger partial charge < -0.3 is 4.52 Å². The second-order valence-electron chi connectivity index (χ2n) is 2.63. The molecule has 0 saturated carbocycles. The Morgan fingerprint density at radius 1 is 1.50 bits per heavy atom. The van der Waals surface area contributed by atoms with Crippen molar-refractivity contribution in [2.45, 2.75) is 26.2 Å². The zero-order valence-corrected chi connectivity index (χ0v) is 7.60. The molecule has 1 rings (SSSR count). The van der Waals surface area contributed by atoms with Crippen LogP contribution in [0.25, 0.3) is 0 Å². The normalized spacial score (nSPS) is 22.5. The van der Waals surface area contributed by atoms with Crippen molar-refractivity contribution in [1.29, 1.82) is 0 Å². The van der Waals surface area contributed by atoms with Crippen LogP contribution in [0.3, 0.4) is 0 Å². The third-order valence-electron chi connectivity index (χ3n) is 1.69. The second-order valence-corrected chi connectivity index (χ2v) is 3.74. The molecule has 0 aromatic rings. The quantitative estimate of drug-likeness (QED) is 0.462. The largest absolute Gasteiger partial charge is 0.345 e. The maximum atomic E-state index is 5.24. The molecule has 0 radical (unpaired) electrons. The number of rotatable bonds is 4. The first-order valence-corrected chi connectivity index (χ1v) is 4.91. The first-order chi connectivity index (χ1) is 4.93. The topological polar surface area (TPSA) is 12.5 Å². The first kappa shape index (κ1) is 8.45. The molecule has 0 aliphatic carbocycles. The van der Waals surface area contributed by atoms with Gasteiger partial charge in [0.25, 0.3) is 0 Å². The third kappa shape index (κ3) is 2.96. The van der Waals surface area contributed by atoms with Crippen LogP contribution in [0, 0.1) is 0 Å². The van der Waals surface area contributed by atoms with Gasteiger partial charge in [-0.25, -0.2) is 0 Å². The van der Waals surface area contributed by atoms with Gasteiger partial charge in [-0.1, -0.05) is 19.8 Å². The standard InChI is InChI=1S/C7H16NOP/c1-2-3-4-5-8-6-7-9-10-8/h10H,2-7H2,1H3. The minimum absolute atomic E-state index is 0.644. The number of hydrogen-bond acceptors (Lipinski definition) is 2. The van der Waals surface area contributed by atoms with E-state index in [1.807, 2.05) is 0 Å². The Morgan fingerprint density at radius 2 is 2.40 bits per heavy atom. The minimum Gasteiger partial charge on any atom is -0.345 e. The van der Waals surface area contributed by atoms with Crippen molar-refractivity contribution >= 4 is 8.96 Å². The summed E-state index contributed by atoms with van der Waals surface area (Å²) in [4.78, 5) is 0. The predicted molar refractivity (Wildman–Crippen MR) is 45.4 cm³/mol. The van der Waals surface area contributed by atoms with Crippen LogP contribution in [0.15, 0.2) is 0 Å². The zero-order valence-electron chi connectivity index (χ0n) is 6.60. The van der Waals surface area contributed by atoms with Crippen LogP contribution in [0.2, 0.25) is 0 Å². The molecule has 0 aromatic heterocycles. The number of nitrogens with zero attached hydrogens (tertiary/aromatic N) is 1. The molecule has 1 aliphatic rings. The van der Waals surface area contributed by atoms with Gasteiger partial charge in [0.05, 0.1) is 15.6 Å². The van der Waals surface area contributed by atoms with Gasteiger partial charge in [0.15, 0.2) is 0 Å². The van der Waals surface area contributed by atoms with Crippen molar-refractivity contribution in [2.75, 3.05) is 19.7 Å². The summed E-state index contributed by atoms with van der Waals surface area (Å²) in [5, 5.41) is 0. The van der Waals surface area contributed by atoms with Crippen molar-refractivity contribution in [3.63, 3.8) is 0 Å². The van der Waals surface area contributed by atoms with Crippen LogP contribution in [-0.2, 0) is 4.52 Å². The molecular formula is C7H16NOP. The van der Waals surface area contributed by atoms with Crippen LogP contribution in [0.4, 0.5) is 0 Å². The van der Waals surface area contributed by atoms with Crippen molar-refractivity contribution in [2.24, 2.45) is 0 Å². The molecular weight excluding hydrogens is 145 g/mol. The van der Waals surface area contributed by atoms with Gasteiger partial charge in [-0.05, 0) is 6.42 Å². The third-order valence-corrected chi connectivity index (χ3v) is 2.73. The molecule has 1 heterocycles. The van der Waals surface area contributed by atoms with Crippen molar-refractivity contribution in [1.82, 2.24) is 4.67 Å². The zero-order chi connectivity index (χ0) is 7.23. The molecule has 0 N–H and O–H groups in total. The molecule has 0 amide bonds. The molecule has 1 fully saturated rings. The van der Waals surface area contributed by atoms with E-state index in [1.165, 1.54) is 25.8 Å². The Balaban J connectivity index is 1.91. The lowest BCUT2D eigenvalue weighted by Gasteiger charge is -2.10. The lowest BCUT2D eigenvalue weighted by Crippen LogP contribution is -2.12. The van der Waals surface area contributed by atoms with E-state index in [4.69, 9.17) is 4.52 Å². The van der Waals surface area contributed by atoms with E-state index in [0.717, 1.165) is 13.2 Å². The summed E-state index contributed by atoms with van der Waals surface area (Å²) >= 11 is 0. The Bertz CT molecular complexity index is 83.7. The minimum atomic E-state index is 0.644. The van der Waals surface area contributed by atoms with E-state index in [2.05, 4.69) is 11.6 Å². The van der Waals surface area contributed by atoms with Crippen LogP contribution >= 0.6 is 8.96 Å². The van der Waals surface area contributed by atoms with Gasteiger partial charge in [0, 0.05) is 13.1 Å². The van der Waals surface area contributed by atoms with E-state index in [9.17, 15) is 0 Å². The smallest absolute Gasteiger partial charge is 0.0890 e. The Kier molecular flexibility index (Phi) is 4.27. The van der Waals surface area contributed by atoms with Gasteiger partial charge in [-0.2, -0.15) is 0 Å². The molecule has 1 unspecified atom stereocenters. The molecule has 0 aromatic carbocycles. The van der Waals surface area contributed by atoms with E-state index in [1.54, 1.807) is 0 Å². The summed E-state index contributed by atoms with van der Waals surface area (Å²) in [6, 6.07) is 0. The highest BCUT2D eigenvalue weighted by atomic mass is 31.1. The Morgan fingerprint density at radius 3 is 3.00 bits per heavy atom. The fourth-order valence-electron chi connectivity index (χ4n) is 1.05. The fraction of sp³-hybridized carbons (Fsp3) is 1.00. The van der Waals surface area contributed by atoms with Crippen molar-refractivity contribution < 1.29 is 4.52 Å². The van der Waals surface area contributed by atoms with Crippen LogP contribution in [-0.4, -0.2) is 24.4 Å². The van der Waals surface area contributed by atoms with E-state index < -0.39 is 0 Å². The second kappa shape index (κ2) is 5.06. The fourth-order valence-corrected chi connectivity index (χ4v) is 1.85. The highest BCUT2D eigenvalue weighted by Gasteiger charge is 2.10. The van der Waals surface area contributed by atoms with Crippen molar-refractivity contribution in [3.8, 4) is 0 Å². The number of hydrogen-bond donors (Lipinski definition) is 0. The monoisotopic (exact) mass is 161 g/mol. The van der Waals surface area contributed by atoms with E-state index >= 15 is 0 Å². The molecule has 0 bridgehead atoms.